The van der Waals surface area contributed by atoms with Crippen molar-refractivity contribution in [3.05, 3.63) is 297 Å². The Balaban J connectivity index is 1.03. The summed E-state index contributed by atoms with van der Waals surface area (Å²) in [4.78, 5) is 15.0. The van der Waals surface area contributed by atoms with Crippen molar-refractivity contribution in [2.24, 2.45) is 0 Å². The third-order valence-electron chi connectivity index (χ3n) is 14.5. The molecule has 1 fully saturated rings. The van der Waals surface area contributed by atoms with Gasteiger partial charge in [0.2, 0.25) is 0 Å². The number of phenolic OH excluding ortho intramolecular Hbond substituents is 1. The summed E-state index contributed by atoms with van der Waals surface area (Å²) < 4.78 is 61.5. The van der Waals surface area contributed by atoms with Crippen molar-refractivity contribution in [1.29, 1.82) is 0 Å². The molecule has 0 amide bonds. The molecular weight excluding hydrogens is 1030 g/mol. The van der Waals surface area contributed by atoms with Gasteiger partial charge in [0.1, 0.15) is 78.6 Å². The number of ether oxygens (including phenoxy) is 8. The molecular formula is C71H64O11. The van der Waals surface area contributed by atoms with Crippen molar-refractivity contribution in [1.82, 2.24) is 0 Å². The first-order valence-electron chi connectivity index (χ1n) is 27.6. The van der Waals surface area contributed by atoms with E-state index < -0.39 is 35.9 Å². The lowest BCUT2D eigenvalue weighted by atomic mass is 9.88. The summed E-state index contributed by atoms with van der Waals surface area (Å²) in [6, 6.07) is 75.7. The zero-order valence-corrected chi connectivity index (χ0v) is 45.6. The van der Waals surface area contributed by atoms with Crippen molar-refractivity contribution in [3.8, 4) is 34.3 Å². The van der Waals surface area contributed by atoms with Crippen LogP contribution in [0.3, 0.4) is 0 Å². The number of phenols is 1. The second-order valence-corrected chi connectivity index (χ2v) is 20.3. The topological polar surface area (TPSA) is 124 Å². The van der Waals surface area contributed by atoms with Gasteiger partial charge in [-0.3, -0.25) is 4.79 Å². The molecule has 0 spiro atoms. The Kier molecular flexibility index (Phi) is 18.2. The normalized spacial score (nSPS) is 16.9. The molecule has 82 heavy (non-hydrogen) atoms. The lowest BCUT2D eigenvalue weighted by Gasteiger charge is -2.46. The van der Waals surface area contributed by atoms with Gasteiger partial charge in [0.15, 0.2) is 16.9 Å². The summed E-state index contributed by atoms with van der Waals surface area (Å²) in [6.07, 6.45) is -4.57. The Morgan fingerprint density at radius 3 is 1.45 bits per heavy atom. The number of aromatic hydroxyl groups is 1. The van der Waals surface area contributed by atoms with E-state index in [1.165, 1.54) is 6.07 Å². The summed E-state index contributed by atoms with van der Waals surface area (Å²) in [6.45, 7) is 3.61. The zero-order chi connectivity index (χ0) is 55.9. The van der Waals surface area contributed by atoms with E-state index in [0.29, 0.717) is 30.3 Å². The molecule has 11 rings (SSSR count). The SMILES string of the molecule is Cc1ccccc1COc1cc2oc(-c3ccc(OCc4ccccc4)c(OCc4ccccc4)c3)cc(=O)c2c(O)c1[C@@H]1O[C@H](COCc2ccccc2)[C@@H](OCc2ccccc2)[C@H](OCc2ccccc2)[C@H]1OCc1ccccc1. The summed E-state index contributed by atoms with van der Waals surface area (Å²) >= 11 is 0. The fourth-order valence-corrected chi connectivity index (χ4v) is 10.1. The van der Waals surface area contributed by atoms with Gasteiger partial charge < -0.3 is 47.4 Å². The summed E-state index contributed by atoms with van der Waals surface area (Å²) in [5, 5.41) is 13.0. The van der Waals surface area contributed by atoms with Crippen LogP contribution in [-0.2, 0) is 69.9 Å². The van der Waals surface area contributed by atoms with E-state index in [-0.39, 0.29) is 73.4 Å². The summed E-state index contributed by atoms with van der Waals surface area (Å²) in [5.41, 5.74) is 7.94. The van der Waals surface area contributed by atoms with Crippen LogP contribution in [0.4, 0.5) is 0 Å². The highest BCUT2D eigenvalue weighted by atomic mass is 16.6. The molecule has 9 aromatic carbocycles. The highest BCUT2D eigenvalue weighted by molar-refractivity contribution is 5.88. The van der Waals surface area contributed by atoms with Crippen LogP contribution >= 0.6 is 0 Å². The molecule has 1 N–H and O–H groups in total. The Morgan fingerprint density at radius 1 is 0.439 bits per heavy atom. The number of aryl methyl sites for hydroxylation is 1. The molecule has 0 unspecified atom stereocenters. The Morgan fingerprint density at radius 2 is 0.902 bits per heavy atom. The molecule has 0 radical (unpaired) electrons. The van der Waals surface area contributed by atoms with Crippen LogP contribution in [0.25, 0.3) is 22.3 Å². The highest BCUT2D eigenvalue weighted by Gasteiger charge is 2.51. The molecule has 2 heterocycles. The molecule has 11 nitrogen and oxygen atoms in total. The van der Waals surface area contributed by atoms with Crippen molar-refractivity contribution < 1.29 is 47.4 Å². The molecule has 0 aliphatic carbocycles. The van der Waals surface area contributed by atoms with Crippen LogP contribution in [0, 0.1) is 6.92 Å². The zero-order valence-electron chi connectivity index (χ0n) is 45.6. The molecule has 5 atom stereocenters. The van der Waals surface area contributed by atoms with E-state index in [1.54, 1.807) is 12.1 Å². The predicted molar refractivity (Wildman–Crippen MR) is 315 cm³/mol. The predicted octanol–water partition coefficient (Wildman–Crippen LogP) is 14.6. The average molecular weight is 1090 g/mol. The Hall–Kier alpha value is -8.81. The van der Waals surface area contributed by atoms with Gasteiger partial charge in [-0.1, -0.05) is 206 Å². The van der Waals surface area contributed by atoms with Crippen LogP contribution < -0.4 is 19.6 Å². The quantitative estimate of drug-likeness (QED) is 0.0622. The van der Waals surface area contributed by atoms with Gasteiger partial charge in [0.05, 0.1) is 38.6 Å². The maximum Gasteiger partial charge on any atom is 0.197 e. The molecule has 0 bridgehead atoms. The largest absolute Gasteiger partial charge is 0.506 e. The van der Waals surface area contributed by atoms with Crippen molar-refractivity contribution in [2.45, 2.75) is 83.7 Å². The lowest BCUT2D eigenvalue weighted by molar-refractivity contribution is -0.275. The number of benzene rings is 9. The van der Waals surface area contributed by atoms with E-state index in [1.807, 2.05) is 225 Å². The maximum atomic E-state index is 15.0. The standard InChI is InChI=1S/C71H64O11/c1-49-22-20-21-35-57(49)47-77-62-40-63-65(58(72)39-60(81-63)56-36-37-59(75-42-51-25-10-3-11-26-51)61(38-56)76-43-52-27-12-4-13-28-52)67(73)66(62)69-71(80-46-55-33-18-7-19-34-55)70(79-45-54-31-16-6-17-32-54)68(78-44-53-29-14-5-15-30-53)64(82-69)48-74-41-50-23-8-2-9-24-50/h2-40,64,68-71,73H,41-48H2,1H3/t64-,68-,69+,70+,71+/m1/s1. The molecule has 1 aliphatic heterocycles. The fraction of sp³-hybridized carbons (Fsp3) is 0.197. The molecule has 1 aromatic heterocycles. The minimum absolute atomic E-state index is 0.0633. The second-order valence-electron chi connectivity index (χ2n) is 20.3. The minimum Gasteiger partial charge on any atom is -0.506 e. The summed E-state index contributed by atoms with van der Waals surface area (Å²) in [7, 11) is 0. The molecule has 1 saturated heterocycles. The number of fused-ring (bicyclic) bond motifs is 1. The van der Waals surface area contributed by atoms with Crippen molar-refractivity contribution in [3.63, 3.8) is 0 Å². The van der Waals surface area contributed by atoms with Crippen LogP contribution in [0.15, 0.2) is 246 Å². The van der Waals surface area contributed by atoms with E-state index in [4.69, 9.17) is 42.3 Å². The Labute approximate surface area is 477 Å². The second kappa shape index (κ2) is 27.1. The summed E-state index contributed by atoms with van der Waals surface area (Å²) in [5.74, 6) is 1.02. The van der Waals surface area contributed by atoms with Gasteiger partial charge in [-0.05, 0) is 69.6 Å². The average Bonchev–Trinajstić information content (AvgIpc) is 3.53. The molecule has 10 aromatic rings. The van der Waals surface area contributed by atoms with Gasteiger partial charge in [-0.2, -0.15) is 0 Å². The van der Waals surface area contributed by atoms with Crippen LogP contribution in [0.2, 0.25) is 0 Å². The smallest absolute Gasteiger partial charge is 0.197 e. The molecule has 11 heteroatoms. The number of hydrogen-bond donors (Lipinski definition) is 1. The van der Waals surface area contributed by atoms with Crippen LogP contribution in [0.5, 0.6) is 23.0 Å². The third-order valence-corrected chi connectivity index (χ3v) is 14.5. The lowest BCUT2D eigenvalue weighted by Crippen LogP contribution is -2.58. The minimum atomic E-state index is -1.14. The fourth-order valence-electron chi connectivity index (χ4n) is 10.1. The third kappa shape index (κ3) is 13.8. The number of rotatable bonds is 24. The van der Waals surface area contributed by atoms with Gasteiger partial charge in [-0.15, -0.1) is 0 Å². The monoisotopic (exact) mass is 1090 g/mol. The van der Waals surface area contributed by atoms with Crippen molar-refractivity contribution >= 4 is 11.0 Å². The Bertz CT molecular complexity index is 3680. The van der Waals surface area contributed by atoms with Gasteiger partial charge in [-0.25, -0.2) is 0 Å². The first-order chi connectivity index (χ1) is 40.4. The molecule has 1 aliphatic rings. The first kappa shape index (κ1) is 55.1. The van der Waals surface area contributed by atoms with Gasteiger partial charge >= 0.3 is 0 Å². The van der Waals surface area contributed by atoms with Crippen LogP contribution in [0.1, 0.15) is 56.2 Å². The first-order valence-corrected chi connectivity index (χ1v) is 27.6. The highest BCUT2D eigenvalue weighted by Crippen LogP contribution is 2.48. The molecule has 0 saturated carbocycles. The van der Waals surface area contributed by atoms with E-state index in [2.05, 4.69) is 0 Å². The van der Waals surface area contributed by atoms with E-state index in [9.17, 15) is 9.90 Å². The van der Waals surface area contributed by atoms with Crippen molar-refractivity contribution in [2.75, 3.05) is 6.61 Å². The van der Waals surface area contributed by atoms with Gasteiger partial charge in [0.25, 0.3) is 0 Å². The van der Waals surface area contributed by atoms with Crippen LogP contribution in [-0.4, -0.2) is 36.1 Å². The van der Waals surface area contributed by atoms with Gasteiger partial charge in [0, 0.05) is 17.7 Å². The van der Waals surface area contributed by atoms with E-state index in [0.717, 1.165) is 44.5 Å². The molecule has 414 valence electrons. The number of hydrogen-bond acceptors (Lipinski definition) is 11. The van der Waals surface area contributed by atoms with E-state index >= 15 is 0 Å². The maximum absolute atomic E-state index is 15.0.